The Kier molecular flexibility index (Phi) is 5.88. The van der Waals surface area contributed by atoms with Gasteiger partial charge in [-0.15, -0.1) is 0 Å². The number of hydrogen-bond acceptors (Lipinski definition) is 2. The van der Waals surface area contributed by atoms with Crippen LogP contribution in [0.3, 0.4) is 0 Å². The molecule has 0 spiro atoms. The van der Waals surface area contributed by atoms with Crippen molar-refractivity contribution in [1.29, 1.82) is 0 Å². The Bertz CT molecular complexity index is 379. The molecule has 0 aliphatic rings. The molecule has 1 atom stereocenters. The van der Waals surface area contributed by atoms with Crippen molar-refractivity contribution in [1.82, 2.24) is 5.43 Å². The van der Waals surface area contributed by atoms with Crippen LogP contribution in [0.2, 0.25) is 0 Å². The molecule has 1 rings (SSSR count). The summed E-state index contributed by atoms with van der Waals surface area (Å²) < 4.78 is 26.2. The van der Waals surface area contributed by atoms with E-state index in [1.165, 1.54) is 12.1 Å². The van der Waals surface area contributed by atoms with Crippen LogP contribution in [0, 0.1) is 17.0 Å². The third kappa shape index (κ3) is 6.64. The highest BCUT2D eigenvalue weighted by Gasteiger charge is 2.13. The zero-order valence-electron chi connectivity index (χ0n) is 12.0. The van der Waals surface area contributed by atoms with Gasteiger partial charge in [-0.1, -0.05) is 27.2 Å². The summed E-state index contributed by atoms with van der Waals surface area (Å²) in [6.45, 7) is 6.58. The Labute approximate surface area is 114 Å². The summed E-state index contributed by atoms with van der Waals surface area (Å²) in [6, 6.07) is 3.64. The molecule has 0 aromatic heterocycles. The Morgan fingerprint density at radius 2 is 1.74 bits per heavy atom. The molecule has 0 radical (unpaired) electrons. The van der Waals surface area contributed by atoms with E-state index in [0.717, 1.165) is 25.3 Å². The van der Waals surface area contributed by atoms with E-state index >= 15 is 0 Å². The summed E-state index contributed by atoms with van der Waals surface area (Å²) in [7, 11) is 0. The van der Waals surface area contributed by atoms with Gasteiger partial charge in [0.15, 0.2) is 0 Å². The Morgan fingerprint density at radius 1 is 1.16 bits per heavy atom. The first kappa shape index (κ1) is 16.1. The fourth-order valence-corrected chi connectivity index (χ4v) is 2.14. The Hall–Kier alpha value is -1.00. The second-order valence-corrected chi connectivity index (χ2v) is 6.30. The van der Waals surface area contributed by atoms with Gasteiger partial charge in [0.05, 0.1) is 0 Å². The van der Waals surface area contributed by atoms with Crippen LogP contribution in [0.4, 0.5) is 8.78 Å². The summed E-state index contributed by atoms with van der Waals surface area (Å²) in [5.41, 5.74) is 3.66. The molecule has 2 nitrogen and oxygen atoms in total. The standard InChI is InChI=1S/C15H24F2N2/c1-15(2,3)6-4-5-14(19-18)9-11-7-12(16)10-13(17)8-11/h7-8,10,14,19H,4-6,9,18H2,1-3H3. The van der Waals surface area contributed by atoms with Gasteiger partial charge in [0.1, 0.15) is 11.6 Å². The fourth-order valence-electron chi connectivity index (χ4n) is 2.14. The van der Waals surface area contributed by atoms with Crippen LogP contribution < -0.4 is 11.3 Å². The highest BCUT2D eigenvalue weighted by Crippen LogP contribution is 2.22. The van der Waals surface area contributed by atoms with Crippen LogP contribution in [0.1, 0.15) is 45.6 Å². The number of halogens is 2. The van der Waals surface area contributed by atoms with Crippen molar-refractivity contribution in [3.63, 3.8) is 0 Å². The zero-order chi connectivity index (χ0) is 14.5. The van der Waals surface area contributed by atoms with Gasteiger partial charge in [-0.05, 0) is 42.4 Å². The Balaban J connectivity index is 2.52. The smallest absolute Gasteiger partial charge is 0.126 e. The molecule has 1 aromatic carbocycles. The van der Waals surface area contributed by atoms with Crippen LogP contribution in [-0.4, -0.2) is 6.04 Å². The molecule has 1 aromatic rings. The summed E-state index contributed by atoms with van der Waals surface area (Å²) in [4.78, 5) is 0. The van der Waals surface area contributed by atoms with E-state index < -0.39 is 11.6 Å². The minimum absolute atomic E-state index is 0.0450. The van der Waals surface area contributed by atoms with Gasteiger partial charge in [-0.2, -0.15) is 0 Å². The molecule has 0 aliphatic heterocycles. The van der Waals surface area contributed by atoms with Crippen LogP contribution in [0.25, 0.3) is 0 Å². The monoisotopic (exact) mass is 270 g/mol. The molecule has 4 heteroatoms. The highest BCUT2D eigenvalue weighted by atomic mass is 19.1. The SMILES string of the molecule is CC(C)(C)CCCC(Cc1cc(F)cc(F)c1)NN. The molecule has 1 unspecified atom stereocenters. The first-order chi connectivity index (χ1) is 8.80. The maximum atomic E-state index is 13.1. The molecule has 3 N–H and O–H groups in total. The molecule has 0 saturated heterocycles. The van der Waals surface area contributed by atoms with E-state index in [1.807, 2.05) is 0 Å². The maximum absolute atomic E-state index is 13.1. The van der Waals surface area contributed by atoms with Crippen molar-refractivity contribution < 1.29 is 8.78 Å². The molecule has 0 aliphatic carbocycles. The number of nitrogens with one attached hydrogen (secondary N) is 1. The largest absolute Gasteiger partial charge is 0.271 e. The molecule has 0 heterocycles. The van der Waals surface area contributed by atoms with Gasteiger partial charge in [0, 0.05) is 12.1 Å². The molecule has 0 bridgehead atoms. The molecule has 108 valence electrons. The van der Waals surface area contributed by atoms with Gasteiger partial charge in [0.2, 0.25) is 0 Å². The van der Waals surface area contributed by atoms with Gasteiger partial charge in [-0.3, -0.25) is 11.3 Å². The van der Waals surface area contributed by atoms with Crippen LogP contribution >= 0.6 is 0 Å². The molecule has 19 heavy (non-hydrogen) atoms. The topological polar surface area (TPSA) is 38.0 Å². The lowest BCUT2D eigenvalue weighted by atomic mass is 9.88. The van der Waals surface area contributed by atoms with E-state index in [4.69, 9.17) is 5.84 Å². The van der Waals surface area contributed by atoms with Crippen molar-refractivity contribution >= 4 is 0 Å². The third-order valence-electron chi connectivity index (χ3n) is 3.12. The van der Waals surface area contributed by atoms with Gasteiger partial charge < -0.3 is 0 Å². The summed E-state index contributed by atoms with van der Waals surface area (Å²) >= 11 is 0. The van der Waals surface area contributed by atoms with Crippen LogP contribution in [0.5, 0.6) is 0 Å². The number of benzene rings is 1. The van der Waals surface area contributed by atoms with E-state index in [-0.39, 0.29) is 6.04 Å². The summed E-state index contributed by atoms with van der Waals surface area (Å²) in [5, 5.41) is 0. The van der Waals surface area contributed by atoms with Crippen molar-refractivity contribution in [3.05, 3.63) is 35.4 Å². The second-order valence-electron chi connectivity index (χ2n) is 6.30. The van der Waals surface area contributed by atoms with Crippen molar-refractivity contribution in [2.24, 2.45) is 11.3 Å². The van der Waals surface area contributed by atoms with Gasteiger partial charge in [-0.25, -0.2) is 8.78 Å². The molecule has 0 fully saturated rings. The van der Waals surface area contributed by atoms with Gasteiger partial charge >= 0.3 is 0 Å². The molecule has 0 saturated carbocycles. The first-order valence-corrected chi connectivity index (χ1v) is 6.71. The lowest BCUT2D eigenvalue weighted by Gasteiger charge is -2.21. The maximum Gasteiger partial charge on any atom is 0.126 e. The number of rotatable bonds is 6. The van der Waals surface area contributed by atoms with Crippen molar-refractivity contribution in [2.75, 3.05) is 0 Å². The van der Waals surface area contributed by atoms with E-state index in [1.54, 1.807) is 0 Å². The lowest BCUT2D eigenvalue weighted by Crippen LogP contribution is -2.37. The van der Waals surface area contributed by atoms with E-state index in [2.05, 4.69) is 26.2 Å². The predicted molar refractivity (Wildman–Crippen MR) is 74.5 cm³/mol. The van der Waals surface area contributed by atoms with Crippen molar-refractivity contribution in [2.45, 2.75) is 52.5 Å². The van der Waals surface area contributed by atoms with E-state index in [0.29, 0.717) is 17.4 Å². The average molecular weight is 270 g/mol. The number of hydrazine groups is 1. The summed E-state index contributed by atoms with van der Waals surface area (Å²) in [5.74, 6) is 4.43. The normalized spacial score (nSPS) is 13.6. The average Bonchev–Trinajstić information content (AvgIpc) is 2.24. The number of hydrogen-bond donors (Lipinski definition) is 2. The molecular weight excluding hydrogens is 246 g/mol. The fraction of sp³-hybridized carbons (Fsp3) is 0.600. The minimum atomic E-state index is -0.541. The minimum Gasteiger partial charge on any atom is -0.271 e. The third-order valence-corrected chi connectivity index (χ3v) is 3.12. The summed E-state index contributed by atoms with van der Waals surface area (Å²) in [6.07, 6.45) is 3.57. The van der Waals surface area contributed by atoms with Crippen LogP contribution in [0.15, 0.2) is 18.2 Å². The predicted octanol–water partition coefficient (Wildman–Crippen LogP) is 3.56. The molecule has 0 amide bonds. The van der Waals surface area contributed by atoms with E-state index in [9.17, 15) is 8.78 Å². The van der Waals surface area contributed by atoms with Crippen LogP contribution in [-0.2, 0) is 6.42 Å². The Morgan fingerprint density at radius 3 is 2.21 bits per heavy atom. The van der Waals surface area contributed by atoms with Crippen molar-refractivity contribution in [3.8, 4) is 0 Å². The second kappa shape index (κ2) is 6.96. The lowest BCUT2D eigenvalue weighted by molar-refractivity contribution is 0.342. The zero-order valence-corrected chi connectivity index (χ0v) is 12.0. The molecular formula is C15H24F2N2. The number of nitrogens with two attached hydrogens (primary N) is 1. The van der Waals surface area contributed by atoms with Gasteiger partial charge in [0.25, 0.3) is 0 Å². The first-order valence-electron chi connectivity index (χ1n) is 6.71. The highest BCUT2D eigenvalue weighted by molar-refractivity contribution is 5.18. The quantitative estimate of drug-likeness (QED) is 0.613.